The second-order valence-electron chi connectivity index (χ2n) is 6.08. The minimum atomic E-state index is -0.522. The van der Waals surface area contributed by atoms with Crippen molar-refractivity contribution in [2.45, 2.75) is 13.3 Å². The quantitative estimate of drug-likeness (QED) is 0.481. The van der Waals surface area contributed by atoms with Crippen LogP contribution in [0.2, 0.25) is 0 Å². The van der Waals surface area contributed by atoms with Gasteiger partial charge in [-0.1, -0.05) is 55.5 Å². The van der Waals surface area contributed by atoms with Crippen LogP contribution < -0.4 is 14.8 Å². The standard InChI is InChI=1S/C23H21NO4/c1-2-22(25)24-19-9-6-10-21(15-19)28-23(26)16-27-20-13-11-18(12-14-20)17-7-4-3-5-8-17/h3-15H,2,16H2,1H3,(H,24,25). The zero-order chi connectivity index (χ0) is 19.8. The first-order valence-corrected chi connectivity index (χ1v) is 9.03. The molecule has 5 nitrogen and oxygen atoms in total. The van der Waals surface area contributed by atoms with Crippen molar-refractivity contribution in [3.05, 3.63) is 78.9 Å². The second-order valence-corrected chi connectivity index (χ2v) is 6.08. The molecule has 3 aromatic rings. The maximum Gasteiger partial charge on any atom is 0.349 e. The average molecular weight is 375 g/mol. The smallest absolute Gasteiger partial charge is 0.349 e. The Morgan fingerprint density at radius 1 is 0.821 bits per heavy atom. The topological polar surface area (TPSA) is 64.6 Å². The van der Waals surface area contributed by atoms with Gasteiger partial charge < -0.3 is 14.8 Å². The van der Waals surface area contributed by atoms with Gasteiger partial charge in [0.15, 0.2) is 6.61 Å². The number of esters is 1. The van der Waals surface area contributed by atoms with Gasteiger partial charge in [0, 0.05) is 18.2 Å². The number of anilines is 1. The van der Waals surface area contributed by atoms with E-state index in [9.17, 15) is 9.59 Å². The first kappa shape index (κ1) is 19.2. The van der Waals surface area contributed by atoms with Crippen molar-refractivity contribution in [2.24, 2.45) is 0 Å². The molecule has 0 fully saturated rings. The highest BCUT2D eigenvalue weighted by Crippen LogP contribution is 2.22. The molecule has 1 amide bonds. The van der Waals surface area contributed by atoms with Crippen LogP contribution in [-0.2, 0) is 9.59 Å². The highest BCUT2D eigenvalue weighted by Gasteiger charge is 2.08. The van der Waals surface area contributed by atoms with Crippen LogP contribution in [0, 0.1) is 0 Å². The second kappa shape index (κ2) is 9.37. The van der Waals surface area contributed by atoms with E-state index in [4.69, 9.17) is 9.47 Å². The van der Waals surface area contributed by atoms with Crippen LogP contribution in [0.5, 0.6) is 11.5 Å². The lowest BCUT2D eigenvalue weighted by Crippen LogP contribution is -2.18. The number of hydrogen-bond donors (Lipinski definition) is 1. The zero-order valence-electron chi connectivity index (χ0n) is 15.6. The Hall–Kier alpha value is -3.60. The summed E-state index contributed by atoms with van der Waals surface area (Å²) in [5.41, 5.74) is 2.76. The third-order valence-corrected chi connectivity index (χ3v) is 3.99. The van der Waals surface area contributed by atoms with Gasteiger partial charge >= 0.3 is 5.97 Å². The van der Waals surface area contributed by atoms with E-state index in [1.54, 1.807) is 31.2 Å². The molecule has 3 rings (SSSR count). The van der Waals surface area contributed by atoms with E-state index in [1.807, 2.05) is 54.6 Å². The zero-order valence-corrected chi connectivity index (χ0v) is 15.6. The molecule has 0 unspecified atom stereocenters. The fourth-order valence-electron chi connectivity index (χ4n) is 2.56. The molecule has 1 N–H and O–H groups in total. The molecule has 0 aliphatic carbocycles. The Bertz CT molecular complexity index is 936. The average Bonchev–Trinajstić information content (AvgIpc) is 2.73. The summed E-state index contributed by atoms with van der Waals surface area (Å²) in [6, 6.07) is 24.2. The lowest BCUT2D eigenvalue weighted by atomic mass is 10.1. The van der Waals surface area contributed by atoms with Gasteiger partial charge in [0.05, 0.1) is 0 Å². The van der Waals surface area contributed by atoms with E-state index in [1.165, 1.54) is 0 Å². The van der Waals surface area contributed by atoms with Gasteiger partial charge in [0.25, 0.3) is 0 Å². The Balaban J connectivity index is 1.53. The summed E-state index contributed by atoms with van der Waals surface area (Å²) >= 11 is 0. The third-order valence-electron chi connectivity index (χ3n) is 3.99. The van der Waals surface area contributed by atoms with Crippen LogP contribution in [-0.4, -0.2) is 18.5 Å². The number of carbonyl (C=O) groups is 2. The number of ether oxygens (including phenoxy) is 2. The number of nitrogens with one attached hydrogen (secondary N) is 1. The van der Waals surface area contributed by atoms with Crippen molar-refractivity contribution in [2.75, 3.05) is 11.9 Å². The SMILES string of the molecule is CCC(=O)Nc1cccc(OC(=O)COc2ccc(-c3ccccc3)cc2)c1. The van der Waals surface area contributed by atoms with Crippen LogP contribution in [0.1, 0.15) is 13.3 Å². The molecule has 0 aromatic heterocycles. The Labute approximate surface area is 163 Å². The van der Waals surface area contributed by atoms with Crippen molar-refractivity contribution in [1.29, 1.82) is 0 Å². The molecule has 0 spiro atoms. The lowest BCUT2D eigenvalue weighted by Gasteiger charge is -2.09. The minimum absolute atomic E-state index is 0.106. The van der Waals surface area contributed by atoms with Crippen LogP contribution in [0.4, 0.5) is 5.69 Å². The third kappa shape index (κ3) is 5.45. The summed E-state index contributed by atoms with van der Waals surface area (Å²) < 4.78 is 10.8. The molecular weight excluding hydrogens is 354 g/mol. The van der Waals surface area contributed by atoms with E-state index < -0.39 is 5.97 Å². The molecule has 5 heteroatoms. The molecule has 0 heterocycles. The Morgan fingerprint density at radius 3 is 2.25 bits per heavy atom. The molecule has 0 saturated carbocycles. The maximum absolute atomic E-state index is 12.0. The van der Waals surface area contributed by atoms with Crippen LogP contribution >= 0.6 is 0 Å². The van der Waals surface area contributed by atoms with Gasteiger partial charge in [-0.2, -0.15) is 0 Å². The summed E-state index contributed by atoms with van der Waals surface area (Å²) in [5, 5.41) is 2.72. The molecule has 0 aliphatic rings. The van der Waals surface area contributed by atoms with Gasteiger partial charge in [0.1, 0.15) is 11.5 Å². The Morgan fingerprint density at radius 2 is 1.54 bits per heavy atom. The van der Waals surface area contributed by atoms with Crippen molar-refractivity contribution < 1.29 is 19.1 Å². The molecule has 142 valence electrons. The first-order valence-electron chi connectivity index (χ1n) is 9.03. The lowest BCUT2D eigenvalue weighted by molar-refractivity contribution is -0.136. The van der Waals surface area contributed by atoms with Gasteiger partial charge in [-0.3, -0.25) is 4.79 Å². The Kier molecular flexibility index (Phi) is 6.41. The minimum Gasteiger partial charge on any atom is -0.482 e. The predicted molar refractivity (Wildman–Crippen MR) is 108 cm³/mol. The summed E-state index contributed by atoms with van der Waals surface area (Å²) in [7, 11) is 0. The molecular formula is C23H21NO4. The number of hydrogen-bond acceptors (Lipinski definition) is 4. The fraction of sp³-hybridized carbons (Fsp3) is 0.130. The molecule has 3 aromatic carbocycles. The molecule has 0 radical (unpaired) electrons. The van der Waals surface area contributed by atoms with Crippen molar-refractivity contribution in [1.82, 2.24) is 0 Å². The van der Waals surface area contributed by atoms with E-state index in [-0.39, 0.29) is 12.5 Å². The molecule has 0 aliphatic heterocycles. The monoisotopic (exact) mass is 375 g/mol. The van der Waals surface area contributed by atoms with Crippen molar-refractivity contribution in [3.63, 3.8) is 0 Å². The largest absolute Gasteiger partial charge is 0.482 e. The van der Waals surface area contributed by atoms with E-state index in [2.05, 4.69) is 5.32 Å². The van der Waals surface area contributed by atoms with E-state index >= 15 is 0 Å². The van der Waals surface area contributed by atoms with Gasteiger partial charge in [0.2, 0.25) is 5.91 Å². The van der Waals surface area contributed by atoms with Gasteiger partial charge in [-0.15, -0.1) is 0 Å². The molecule has 0 saturated heterocycles. The van der Waals surface area contributed by atoms with Gasteiger partial charge in [-0.25, -0.2) is 4.79 Å². The fourth-order valence-corrected chi connectivity index (χ4v) is 2.56. The predicted octanol–water partition coefficient (Wildman–Crippen LogP) is 4.69. The number of rotatable bonds is 7. The number of amides is 1. The van der Waals surface area contributed by atoms with Crippen LogP contribution in [0.25, 0.3) is 11.1 Å². The molecule has 0 atom stereocenters. The summed E-state index contributed by atoms with van der Waals surface area (Å²) in [6.07, 6.45) is 0.376. The number of carbonyl (C=O) groups excluding carboxylic acids is 2. The normalized spacial score (nSPS) is 10.2. The maximum atomic E-state index is 12.0. The van der Waals surface area contributed by atoms with Gasteiger partial charge in [-0.05, 0) is 35.4 Å². The number of benzene rings is 3. The molecule has 28 heavy (non-hydrogen) atoms. The van der Waals surface area contributed by atoms with Crippen LogP contribution in [0.15, 0.2) is 78.9 Å². The van der Waals surface area contributed by atoms with Crippen LogP contribution in [0.3, 0.4) is 0 Å². The van der Waals surface area contributed by atoms with Crippen molar-refractivity contribution >= 4 is 17.6 Å². The van der Waals surface area contributed by atoms with E-state index in [0.717, 1.165) is 11.1 Å². The summed E-state index contributed by atoms with van der Waals surface area (Å²) in [4.78, 5) is 23.5. The highest BCUT2D eigenvalue weighted by molar-refractivity contribution is 5.90. The van der Waals surface area contributed by atoms with Crippen molar-refractivity contribution in [3.8, 4) is 22.6 Å². The summed E-state index contributed by atoms with van der Waals surface area (Å²) in [6.45, 7) is 1.55. The summed E-state index contributed by atoms with van der Waals surface area (Å²) in [5.74, 6) is 0.305. The first-order chi connectivity index (χ1) is 13.6. The molecule has 0 bridgehead atoms. The highest BCUT2D eigenvalue weighted by atomic mass is 16.6. The van der Waals surface area contributed by atoms with E-state index in [0.29, 0.717) is 23.6 Å².